The molecule has 0 bridgehead atoms. The number of nitrogens with zero attached hydrogens (tertiary/aromatic N) is 4. The quantitative estimate of drug-likeness (QED) is 0.210. The van der Waals surface area contributed by atoms with Crippen molar-refractivity contribution in [1.82, 2.24) is 24.9 Å². The van der Waals surface area contributed by atoms with Crippen LogP contribution in [-0.2, 0) is 4.79 Å². The highest BCUT2D eigenvalue weighted by Gasteiger charge is 2.09. The van der Waals surface area contributed by atoms with Gasteiger partial charge in [-0.3, -0.25) is 9.59 Å². The molecule has 188 valence electrons. The van der Waals surface area contributed by atoms with E-state index in [9.17, 15) is 9.59 Å². The second-order valence-electron chi connectivity index (χ2n) is 8.31. The fourth-order valence-corrected chi connectivity index (χ4v) is 3.69. The van der Waals surface area contributed by atoms with Crippen molar-refractivity contribution in [2.24, 2.45) is 0 Å². The topological polar surface area (TPSA) is 138 Å². The van der Waals surface area contributed by atoms with Gasteiger partial charge in [0.05, 0.1) is 5.69 Å². The Kier molecular flexibility index (Phi) is 7.12. The number of allylic oxidation sites excluding steroid dienone is 1. The monoisotopic (exact) mass is 504 g/mol. The first-order chi connectivity index (χ1) is 18.6. The summed E-state index contributed by atoms with van der Waals surface area (Å²) >= 11 is 0. The summed E-state index contributed by atoms with van der Waals surface area (Å²) in [5, 5.41) is 9.76. The molecular weight excluding hydrogens is 480 g/mol. The Morgan fingerprint density at radius 1 is 0.895 bits per heavy atom. The third-order valence-corrected chi connectivity index (χ3v) is 5.56. The standard InChI is InChI=1S/C28H24N8O2/c1-2-3-4-26(37)34-21-7-5-18(6-8-21)28(38)35-22-10-12-29-24(14-22)36-25-15-23(32-17-33-25)20-13-19-9-11-30-27(19)31-16-20/h3-17H,2H2,1H3,(H,30,31)(H,34,37)(H2,29,32,33,35,36,38)/b4-3+. The number of H-pyrrole nitrogens is 1. The number of hydrogen-bond donors (Lipinski definition) is 4. The van der Waals surface area contributed by atoms with Gasteiger partial charge in [0.15, 0.2) is 0 Å². The number of aromatic amines is 1. The van der Waals surface area contributed by atoms with Crippen LogP contribution in [0.15, 0.2) is 91.7 Å². The lowest BCUT2D eigenvalue weighted by atomic mass is 10.1. The van der Waals surface area contributed by atoms with Gasteiger partial charge in [0, 0.05) is 58.6 Å². The molecule has 0 aliphatic heterocycles. The maximum absolute atomic E-state index is 12.8. The lowest BCUT2D eigenvalue weighted by Crippen LogP contribution is -2.13. The van der Waals surface area contributed by atoms with E-state index in [1.165, 1.54) is 12.4 Å². The molecule has 0 spiro atoms. The molecule has 4 N–H and O–H groups in total. The van der Waals surface area contributed by atoms with Gasteiger partial charge in [0.2, 0.25) is 5.91 Å². The zero-order chi connectivity index (χ0) is 26.3. The van der Waals surface area contributed by atoms with Gasteiger partial charge in [-0.25, -0.2) is 19.9 Å². The summed E-state index contributed by atoms with van der Waals surface area (Å²) in [7, 11) is 0. The Bertz CT molecular complexity index is 1630. The Morgan fingerprint density at radius 2 is 1.74 bits per heavy atom. The highest BCUT2D eigenvalue weighted by atomic mass is 16.2. The van der Waals surface area contributed by atoms with Crippen LogP contribution in [-0.4, -0.2) is 36.7 Å². The zero-order valence-corrected chi connectivity index (χ0v) is 20.5. The van der Waals surface area contributed by atoms with Gasteiger partial charge in [-0.2, -0.15) is 0 Å². The minimum atomic E-state index is -0.289. The number of aromatic nitrogens is 5. The van der Waals surface area contributed by atoms with E-state index < -0.39 is 0 Å². The third kappa shape index (κ3) is 5.88. The van der Waals surface area contributed by atoms with E-state index in [1.807, 2.05) is 25.3 Å². The molecule has 0 atom stereocenters. The van der Waals surface area contributed by atoms with E-state index in [4.69, 9.17) is 0 Å². The summed E-state index contributed by atoms with van der Waals surface area (Å²) in [5.41, 5.74) is 4.00. The number of carbonyl (C=O) groups excluding carboxylic acids is 2. The molecular formula is C28H24N8O2. The predicted octanol–water partition coefficient (Wildman–Crippen LogP) is 5.32. The average molecular weight is 505 g/mol. The molecule has 0 aliphatic carbocycles. The molecule has 10 heteroatoms. The second-order valence-corrected chi connectivity index (χ2v) is 8.31. The Labute approximate surface area is 218 Å². The van der Waals surface area contributed by atoms with Crippen LogP contribution in [0.5, 0.6) is 0 Å². The first-order valence-electron chi connectivity index (χ1n) is 11.9. The van der Waals surface area contributed by atoms with Crippen LogP contribution in [0.3, 0.4) is 0 Å². The van der Waals surface area contributed by atoms with Crippen molar-refractivity contribution in [3.8, 4) is 11.3 Å². The molecule has 0 unspecified atom stereocenters. The fourth-order valence-electron chi connectivity index (χ4n) is 3.69. The second kappa shape index (κ2) is 11.1. The highest BCUT2D eigenvalue weighted by Crippen LogP contribution is 2.23. The largest absolute Gasteiger partial charge is 0.346 e. The van der Waals surface area contributed by atoms with E-state index in [0.717, 1.165) is 23.0 Å². The molecule has 0 aliphatic rings. The van der Waals surface area contributed by atoms with Crippen molar-refractivity contribution in [1.29, 1.82) is 0 Å². The number of fused-ring (bicyclic) bond motifs is 1. The number of hydrogen-bond acceptors (Lipinski definition) is 7. The summed E-state index contributed by atoms with van der Waals surface area (Å²) in [4.78, 5) is 45.0. The lowest BCUT2D eigenvalue weighted by molar-refractivity contribution is -0.111. The van der Waals surface area contributed by atoms with Crippen LogP contribution in [0.2, 0.25) is 0 Å². The Morgan fingerprint density at radius 3 is 2.58 bits per heavy atom. The molecule has 1 aromatic carbocycles. The number of rotatable bonds is 8. The lowest BCUT2D eigenvalue weighted by Gasteiger charge is -2.10. The molecule has 0 fully saturated rings. The Hall–Kier alpha value is -5.38. The van der Waals surface area contributed by atoms with Crippen molar-refractivity contribution < 1.29 is 9.59 Å². The maximum atomic E-state index is 12.8. The number of amides is 2. The van der Waals surface area contributed by atoms with Crippen molar-refractivity contribution in [2.75, 3.05) is 16.0 Å². The number of anilines is 4. The van der Waals surface area contributed by atoms with E-state index in [2.05, 4.69) is 40.9 Å². The van der Waals surface area contributed by atoms with E-state index in [0.29, 0.717) is 34.3 Å². The normalized spacial score (nSPS) is 11.0. The molecule has 5 rings (SSSR count). The molecule has 38 heavy (non-hydrogen) atoms. The van der Waals surface area contributed by atoms with Gasteiger partial charge in [-0.1, -0.05) is 13.0 Å². The van der Waals surface area contributed by atoms with Crippen LogP contribution in [0.1, 0.15) is 23.7 Å². The van der Waals surface area contributed by atoms with Crippen molar-refractivity contribution in [3.05, 3.63) is 97.2 Å². The van der Waals surface area contributed by atoms with Crippen LogP contribution >= 0.6 is 0 Å². The van der Waals surface area contributed by atoms with Gasteiger partial charge >= 0.3 is 0 Å². The molecule has 2 amide bonds. The molecule has 10 nitrogen and oxygen atoms in total. The smallest absolute Gasteiger partial charge is 0.255 e. The predicted molar refractivity (Wildman–Crippen MR) is 147 cm³/mol. The van der Waals surface area contributed by atoms with Crippen LogP contribution in [0, 0.1) is 0 Å². The first kappa shape index (κ1) is 24.3. The molecule has 0 radical (unpaired) electrons. The summed E-state index contributed by atoms with van der Waals surface area (Å²) < 4.78 is 0. The first-order valence-corrected chi connectivity index (χ1v) is 11.9. The number of carbonyl (C=O) groups is 2. The van der Waals surface area contributed by atoms with Crippen LogP contribution < -0.4 is 16.0 Å². The van der Waals surface area contributed by atoms with Crippen molar-refractivity contribution in [3.63, 3.8) is 0 Å². The molecule has 0 saturated carbocycles. The van der Waals surface area contributed by atoms with Gasteiger partial charge in [-0.15, -0.1) is 0 Å². The number of nitrogens with one attached hydrogen (secondary N) is 4. The number of benzene rings is 1. The molecule has 4 aromatic heterocycles. The summed E-state index contributed by atoms with van der Waals surface area (Å²) in [6.45, 7) is 1.95. The molecule has 5 aromatic rings. The van der Waals surface area contributed by atoms with Crippen molar-refractivity contribution >= 4 is 45.9 Å². The van der Waals surface area contributed by atoms with Gasteiger partial charge < -0.3 is 20.9 Å². The third-order valence-electron chi connectivity index (χ3n) is 5.56. The van der Waals surface area contributed by atoms with Gasteiger partial charge in [-0.05, 0) is 55.0 Å². The minimum absolute atomic E-state index is 0.213. The zero-order valence-electron chi connectivity index (χ0n) is 20.5. The summed E-state index contributed by atoms with van der Waals surface area (Å²) in [6, 6.07) is 15.8. The summed E-state index contributed by atoms with van der Waals surface area (Å²) in [6.07, 6.45) is 10.7. The SMILES string of the molecule is CC/C=C/C(=O)Nc1ccc(C(=O)Nc2ccnc(Nc3cc(-c4cnc5[nH]ccc5c4)ncn3)c2)cc1. The summed E-state index contributed by atoms with van der Waals surface area (Å²) in [5.74, 6) is 0.550. The molecule has 0 saturated heterocycles. The van der Waals surface area contributed by atoms with Crippen LogP contribution in [0.25, 0.3) is 22.3 Å². The van der Waals surface area contributed by atoms with E-state index in [-0.39, 0.29) is 11.8 Å². The number of pyridine rings is 2. The Balaban J connectivity index is 1.24. The van der Waals surface area contributed by atoms with Crippen LogP contribution in [0.4, 0.5) is 23.0 Å². The maximum Gasteiger partial charge on any atom is 0.255 e. The van der Waals surface area contributed by atoms with E-state index in [1.54, 1.807) is 60.9 Å². The van der Waals surface area contributed by atoms with Crippen molar-refractivity contribution in [2.45, 2.75) is 13.3 Å². The fraction of sp³-hybridized carbons (Fsp3) is 0.0714. The van der Waals surface area contributed by atoms with E-state index >= 15 is 0 Å². The minimum Gasteiger partial charge on any atom is -0.346 e. The van der Waals surface area contributed by atoms with Gasteiger partial charge in [0.1, 0.15) is 23.6 Å². The van der Waals surface area contributed by atoms with Gasteiger partial charge in [0.25, 0.3) is 5.91 Å². The highest BCUT2D eigenvalue weighted by molar-refractivity contribution is 6.05. The molecule has 4 heterocycles. The average Bonchev–Trinajstić information content (AvgIpc) is 3.41.